The van der Waals surface area contributed by atoms with Crippen LogP contribution >= 0.6 is 0 Å². The highest BCUT2D eigenvalue weighted by molar-refractivity contribution is 5.03. The number of hydrogen-bond acceptors (Lipinski definition) is 4. The molecule has 1 fully saturated rings. The van der Waals surface area contributed by atoms with Crippen LogP contribution in [0, 0.1) is 5.92 Å². The van der Waals surface area contributed by atoms with Gasteiger partial charge in [-0.3, -0.25) is 4.90 Å². The van der Waals surface area contributed by atoms with E-state index < -0.39 is 0 Å². The van der Waals surface area contributed by atoms with Crippen molar-refractivity contribution in [2.75, 3.05) is 40.5 Å². The molecule has 1 rings (SSSR count). The van der Waals surface area contributed by atoms with E-state index in [0.717, 1.165) is 32.2 Å². The van der Waals surface area contributed by atoms with E-state index in [4.69, 9.17) is 15.2 Å². The van der Waals surface area contributed by atoms with Crippen LogP contribution in [-0.2, 0) is 9.47 Å². The first-order valence-electron chi connectivity index (χ1n) is 6.54. The zero-order valence-corrected chi connectivity index (χ0v) is 11.7. The minimum atomic E-state index is 0.176. The van der Waals surface area contributed by atoms with Crippen molar-refractivity contribution in [1.82, 2.24) is 4.90 Å². The predicted molar refractivity (Wildman–Crippen MR) is 70.1 cm³/mol. The molecular formula is C13H28N2O2. The highest BCUT2D eigenvalue weighted by Gasteiger charge is 2.46. The molecule has 1 atom stereocenters. The summed E-state index contributed by atoms with van der Waals surface area (Å²) < 4.78 is 10.5. The van der Waals surface area contributed by atoms with Crippen molar-refractivity contribution in [2.24, 2.45) is 11.7 Å². The van der Waals surface area contributed by atoms with Crippen LogP contribution in [0.25, 0.3) is 0 Å². The second kappa shape index (κ2) is 6.69. The molecule has 4 nitrogen and oxygen atoms in total. The van der Waals surface area contributed by atoms with Gasteiger partial charge >= 0.3 is 0 Å². The number of nitrogens with zero attached hydrogens (tertiary/aromatic N) is 1. The first-order valence-corrected chi connectivity index (χ1v) is 6.54. The molecule has 1 aliphatic carbocycles. The van der Waals surface area contributed by atoms with Gasteiger partial charge in [-0.15, -0.1) is 0 Å². The Labute approximate surface area is 105 Å². The Bertz CT molecular complexity index is 217. The Balaban J connectivity index is 2.66. The van der Waals surface area contributed by atoms with Crippen LogP contribution in [-0.4, -0.2) is 57.0 Å². The quantitative estimate of drug-likeness (QED) is 0.694. The van der Waals surface area contributed by atoms with E-state index in [2.05, 4.69) is 18.7 Å². The molecule has 1 unspecified atom stereocenters. The lowest BCUT2D eigenvalue weighted by molar-refractivity contribution is -0.0629. The van der Waals surface area contributed by atoms with E-state index in [1.54, 1.807) is 14.2 Å². The summed E-state index contributed by atoms with van der Waals surface area (Å²) in [5, 5.41) is 0. The number of methoxy groups -OCH3 is 2. The van der Waals surface area contributed by atoms with Gasteiger partial charge in [0, 0.05) is 38.9 Å². The van der Waals surface area contributed by atoms with E-state index in [0.29, 0.717) is 6.04 Å². The van der Waals surface area contributed by atoms with Gasteiger partial charge in [0.25, 0.3) is 0 Å². The van der Waals surface area contributed by atoms with Crippen molar-refractivity contribution >= 4 is 0 Å². The zero-order valence-electron chi connectivity index (χ0n) is 11.7. The molecule has 17 heavy (non-hydrogen) atoms. The third kappa shape index (κ3) is 3.41. The topological polar surface area (TPSA) is 47.7 Å². The molecule has 102 valence electrons. The van der Waals surface area contributed by atoms with E-state index in [-0.39, 0.29) is 5.54 Å². The van der Waals surface area contributed by atoms with Crippen LogP contribution in [0.2, 0.25) is 0 Å². The van der Waals surface area contributed by atoms with Crippen LogP contribution in [0.3, 0.4) is 0 Å². The minimum Gasteiger partial charge on any atom is -0.383 e. The lowest BCUT2D eigenvalue weighted by atomic mass is 9.67. The number of ether oxygens (including phenoxy) is 2. The predicted octanol–water partition coefficient (Wildman–Crippen LogP) is 1.10. The summed E-state index contributed by atoms with van der Waals surface area (Å²) in [6.45, 7) is 7.67. The molecule has 0 bridgehead atoms. The monoisotopic (exact) mass is 244 g/mol. The fourth-order valence-corrected chi connectivity index (χ4v) is 3.20. The van der Waals surface area contributed by atoms with E-state index in [1.165, 1.54) is 12.8 Å². The summed E-state index contributed by atoms with van der Waals surface area (Å²) in [6, 6.07) is 0.395. The molecule has 0 spiro atoms. The number of nitrogens with two attached hydrogens (primary N) is 1. The third-order valence-electron chi connectivity index (χ3n) is 3.92. The molecule has 0 aromatic rings. The molecule has 2 N–H and O–H groups in total. The highest BCUT2D eigenvalue weighted by atomic mass is 16.5. The summed E-state index contributed by atoms with van der Waals surface area (Å²) in [5.74, 6) is 0.790. The fraction of sp³-hybridized carbons (Fsp3) is 1.00. The average molecular weight is 244 g/mol. The van der Waals surface area contributed by atoms with Crippen LogP contribution in [0.1, 0.15) is 26.7 Å². The van der Waals surface area contributed by atoms with Crippen molar-refractivity contribution in [1.29, 1.82) is 0 Å². The highest BCUT2D eigenvalue weighted by Crippen LogP contribution is 2.42. The maximum absolute atomic E-state index is 6.01. The lowest BCUT2D eigenvalue weighted by Crippen LogP contribution is -2.64. The Morgan fingerprint density at radius 2 is 2.00 bits per heavy atom. The Kier molecular flexibility index (Phi) is 5.86. The molecule has 4 heteroatoms. The van der Waals surface area contributed by atoms with Crippen LogP contribution < -0.4 is 5.73 Å². The van der Waals surface area contributed by atoms with Gasteiger partial charge in [-0.2, -0.15) is 0 Å². The van der Waals surface area contributed by atoms with E-state index >= 15 is 0 Å². The van der Waals surface area contributed by atoms with Crippen LogP contribution in [0.4, 0.5) is 0 Å². The maximum atomic E-state index is 6.01. The van der Waals surface area contributed by atoms with E-state index in [9.17, 15) is 0 Å². The molecule has 0 radical (unpaired) electrons. The van der Waals surface area contributed by atoms with Crippen molar-refractivity contribution in [3.8, 4) is 0 Å². The maximum Gasteiger partial charge on any atom is 0.0615 e. The lowest BCUT2D eigenvalue weighted by Gasteiger charge is -2.55. The fourth-order valence-electron chi connectivity index (χ4n) is 3.20. The Morgan fingerprint density at radius 3 is 2.41 bits per heavy atom. The zero-order chi connectivity index (χ0) is 12.9. The van der Waals surface area contributed by atoms with Gasteiger partial charge in [0.05, 0.1) is 13.2 Å². The molecule has 0 heterocycles. The summed E-state index contributed by atoms with van der Waals surface area (Å²) in [4.78, 5) is 2.49. The SMILES string of the molecule is COCCN(C(C)COC)C1(CN)CC(C)C1. The van der Waals surface area contributed by atoms with Crippen molar-refractivity contribution < 1.29 is 9.47 Å². The average Bonchev–Trinajstić information content (AvgIpc) is 2.26. The van der Waals surface area contributed by atoms with Crippen LogP contribution in [0.15, 0.2) is 0 Å². The summed E-state index contributed by atoms with van der Waals surface area (Å²) in [7, 11) is 3.50. The van der Waals surface area contributed by atoms with Crippen LogP contribution in [0.5, 0.6) is 0 Å². The smallest absolute Gasteiger partial charge is 0.0615 e. The summed E-state index contributed by atoms with van der Waals surface area (Å²) in [5.41, 5.74) is 6.19. The molecule has 1 saturated carbocycles. The van der Waals surface area contributed by atoms with Gasteiger partial charge in [-0.25, -0.2) is 0 Å². The molecule has 0 aliphatic heterocycles. The second-order valence-electron chi connectivity index (χ2n) is 5.43. The van der Waals surface area contributed by atoms with Crippen molar-refractivity contribution in [3.05, 3.63) is 0 Å². The van der Waals surface area contributed by atoms with Gasteiger partial charge in [0.2, 0.25) is 0 Å². The van der Waals surface area contributed by atoms with Crippen molar-refractivity contribution in [2.45, 2.75) is 38.3 Å². The first-order chi connectivity index (χ1) is 8.09. The molecule has 0 aromatic carbocycles. The number of rotatable bonds is 8. The van der Waals surface area contributed by atoms with Gasteiger partial charge in [-0.1, -0.05) is 6.92 Å². The standard InChI is InChI=1S/C13H28N2O2/c1-11-7-13(8-11,10-14)15(5-6-16-3)12(2)9-17-4/h11-12H,5-10,14H2,1-4H3. The van der Waals surface area contributed by atoms with E-state index in [1.807, 2.05) is 0 Å². The van der Waals surface area contributed by atoms with Gasteiger partial charge in [0.15, 0.2) is 0 Å². The first kappa shape index (κ1) is 14.9. The third-order valence-corrected chi connectivity index (χ3v) is 3.92. The second-order valence-corrected chi connectivity index (χ2v) is 5.43. The normalized spacial score (nSPS) is 30.4. The van der Waals surface area contributed by atoms with Crippen molar-refractivity contribution in [3.63, 3.8) is 0 Å². The summed E-state index contributed by atoms with van der Waals surface area (Å²) >= 11 is 0. The molecule has 0 amide bonds. The van der Waals surface area contributed by atoms with Gasteiger partial charge in [-0.05, 0) is 25.7 Å². The largest absolute Gasteiger partial charge is 0.383 e. The number of hydrogen-bond donors (Lipinski definition) is 1. The Morgan fingerprint density at radius 1 is 1.35 bits per heavy atom. The minimum absolute atomic E-state index is 0.176. The summed E-state index contributed by atoms with van der Waals surface area (Å²) in [6.07, 6.45) is 2.39. The van der Waals surface area contributed by atoms with Gasteiger partial charge in [0.1, 0.15) is 0 Å². The molecule has 0 saturated heterocycles. The molecular weight excluding hydrogens is 216 g/mol. The molecule has 0 aromatic heterocycles. The molecule has 1 aliphatic rings. The Hall–Kier alpha value is -0.160. The van der Waals surface area contributed by atoms with Gasteiger partial charge < -0.3 is 15.2 Å².